The number of nitrogens with one attached hydrogen (secondary N) is 1. The number of amides is 2. The third kappa shape index (κ3) is 2.56. The van der Waals surface area contributed by atoms with Crippen LogP contribution < -0.4 is 5.32 Å². The Bertz CT molecular complexity index is 296. The topological polar surface area (TPSA) is 49.4 Å². The van der Waals surface area contributed by atoms with E-state index in [0.29, 0.717) is 24.8 Å². The van der Waals surface area contributed by atoms with Gasteiger partial charge in [0.1, 0.15) is 0 Å². The zero-order valence-electron chi connectivity index (χ0n) is 9.25. The van der Waals surface area contributed by atoms with E-state index < -0.39 is 0 Å². The smallest absolute Gasteiger partial charge is 0.223 e. The highest BCUT2D eigenvalue weighted by atomic mass is 79.9. The maximum atomic E-state index is 11.7. The van der Waals surface area contributed by atoms with Crippen LogP contribution in [-0.2, 0) is 9.59 Å². The second-order valence-electron chi connectivity index (χ2n) is 4.54. The van der Waals surface area contributed by atoms with Crippen LogP contribution in [0.25, 0.3) is 0 Å². The average Bonchev–Trinajstić information content (AvgIpc) is 2.28. The highest BCUT2D eigenvalue weighted by molar-refractivity contribution is 9.09. The van der Waals surface area contributed by atoms with Crippen molar-refractivity contribution in [3.63, 3.8) is 0 Å². The fraction of sp³-hybridized carbons (Fsp3) is 0.818. The first-order valence-electron chi connectivity index (χ1n) is 5.84. The summed E-state index contributed by atoms with van der Waals surface area (Å²) in [7, 11) is 0. The molecular formula is C11H17BrN2O2. The molecule has 5 heteroatoms. The summed E-state index contributed by atoms with van der Waals surface area (Å²) in [5.74, 6) is 0.861. The largest absolute Gasteiger partial charge is 0.353 e. The lowest BCUT2D eigenvalue weighted by molar-refractivity contribution is -0.134. The van der Waals surface area contributed by atoms with Crippen molar-refractivity contribution in [1.29, 1.82) is 0 Å². The van der Waals surface area contributed by atoms with Gasteiger partial charge in [0, 0.05) is 37.3 Å². The molecule has 0 aromatic rings. The van der Waals surface area contributed by atoms with Crippen LogP contribution in [-0.4, -0.2) is 41.2 Å². The second kappa shape index (κ2) is 5.17. The molecule has 1 N–H and O–H groups in total. The van der Waals surface area contributed by atoms with E-state index in [1.807, 2.05) is 4.90 Å². The van der Waals surface area contributed by atoms with Crippen molar-refractivity contribution < 1.29 is 9.59 Å². The zero-order chi connectivity index (χ0) is 11.5. The molecule has 2 atom stereocenters. The Hall–Kier alpha value is -0.580. The molecule has 0 spiro atoms. The Morgan fingerprint density at radius 3 is 3.06 bits per heavy atom. The number of hydrogen-bond acceptors (Lipinski definition) is 2. The fourth-order valence-electron chi connectivity index (χ4n) is 2.58. The predicted molar refractivity (Wildman–Crippen MR) is 64.3 cm³/mol. The van der Waals surface area contributed by atoms with E-state index in [4.69, 9.17) is 0 Å². The molecule has 0 aromatic heterocycles. The van der Waals surface area contributed by atoms with Gasteiger partial charge in [0.2, 0.25) is 11.8 Å². The minimum Gasteiger partial charge on any atom is -0.353 e. The number of fused-ring (bicyclic) bond motifs is 1. The number of halogens is 1. The Balaban J connectivity index is 1.90. The van der Waals surface area contributed by atoms with E-state index in [0.717, 1.165) is 31.3 Å². The maximum absolute atomic E-state index is 11.7. The highest BCUT2D eigenvalue weighted by Gasteiger charge is 2.34. The molecule has 90 valence electrons. The predicted octanol–water partition coefficient (Wildman–Crippen LogP) is 0.899. The molecule has 2 unspecified atom stereocenters. The molecule has 0 aliphatic carbocycles. The summed E-state index contributed by atoms with van der Waals surface area (Å²) in [6, 6.07) is 0.300. The maximum Gasteiger partial charge on any atom is 0.223 e. The number of carbonyl (C=O) groups is 2. The van der Waals surface area contributed by atoms with Crippen LogP contribution in [0.4, 0.5) is 0 Å². The monoisotopic (exact) mass is 288 g/mol. The first-order valence-corrected chi connectivity index (χ1v) is 6.96. The van der Waals surface area contributed by atoms with E-state index in [-0.39, 0.29) is 11.8 Å². The number of piperidine rings is 2. The summed E-state index contributed by atoms with van der Waals surface area (Å²) in [6.07, 6.45) is 3.02. The van der Waals surface area contributed by atoms with Gasteiger partial charge in [-0.3, -0.25) is 9.59 Å². The Kier molecular flexibility index (Phi) is 3.84. The number of nitrogens with zero attached hydrogens (tertiary/aromatic N) is 1. The molecule has 16 heavy (non-hydrogen) atoms. The van der Waals surface area contributed by atoms with Gasteiger partial charge >= 0.3 is 0 Å². The molecule has 2 rings (SSSR count). The van der Waals surface area contributed by atoms with Crippen LogP contribution in [0, 0.1) is 5.92 Å². The van der Waals surface area contributed by atoms with Gasteiger partial charge in [-0.25, -0.2) is 0 Å². The molecule has 0 radical (unpaired) electrons. The van der Waals surface area contributed by atoms with Gasteiger partial charge in [-0.15, -0.1) is 0 Å². The number of hydrogen-bond donors (Lipinski definition) is 1. The summed E-state index contributed by atoms with van der Waals surface area (Å²) in [6.45, 7) is 1.60. The number of rotatable bonds is 2. The molecule has 2 fully saturated rings. The molecule has 0 saturated carbocycles. The van der Waals surface area contributed by atoms with Crippen molar-refractivity contribution in [2.24, 2.45) is 5.92 Å². The molecular weight excluding hydrogens is 272 g/mol. The van der Waals surface area contributed by atoms with Gasteiger partial charge in [-0.1, -0.05) is 15.9 Å². The third-order valence-electron chi connectivity index (χ3n) is 3.48. The molecule has 2 aliphatic heterocycles. The minimum absolute atomic E-state index is 0.168. The van der Waals surface area contributed by atoms with Crippen molar-refractivity contribution in [3.05, 3.63) is 0 Å². The van der Waals surface area contributed by atoms with Gasteiger partial charge in [-0.05, 0) is 18.8 Å². The molecule has 0 bridgehead atoms. The molecule has 0 aromatic carbocycles. The normalized spacial score (nSPS) is 29.6. The van der Waals surface area contributed by atoms with Crippen molar-refractivity contribution in [2.75, 3.05) is 18.4 Å². The summed E-state index contributed by atoms with van der Waals surface area (Å²) < 4.78 is 0. The Labute approximate surface area is 104 Å². The summed E-state index contributed by atoms with van der Waals surface area (Å²) >= 11 is 3.29. The van der Waals surface area contributed by atoms with E-state index in [2.05, 4.69) is 21.2 Å². The van der Waals surface area contributed by atoms with E-state index in [1.165, 1.54) is 0 Å². The van der Waals surface area contributed by atoms with Crippen LogP contribution in [0.15, 0.2) is 0 Å². The van der Waals surface area contributed by atoms with E-state index in [9.17, 15) is 9.59 Å². The van der Waals surface area contributed by atoms with Gasteiger partial charge < -0.3 is 10.2 Å². The molecule has 2 heterocycles. The highest BCUT2D eigenvalue weighted by Crippen LogP contribution is 2.25. The number of alkyl halides is 1. The lowest BCUT2D eigenvalue weighted by Gasteiger charge is -2.41. The lowest BCUT2D eigenvalue weighted by Crippen LogP contribution is -2.55. The quantitative estimate of drug-likeness (QED) is 0.768. The number of carbonyl (C=O) groups excluding carboxylic acids is 2. The van der Waals surface area contributed by atoms with Crippen molar-refractivity contribution in [3.8, 4) is 0 Å². The van der Waals surface area contributed by atoms with Crippen molar-refractivity contribution >= 4 is 27.7 Å². The average molecular weight is 289 g/mol. The first-order chi connectivity index (χ1) is 7.70. The SMILES string of the molecule is O=C1CCC2CN(C(=O)CCBr)CCC2N1. The number of likely N-dealkylation sites (tertiary alicyclic amines) is 1. The summed E-state index contributed by atoms with van der Waals surface area (Å²) in [5.41, 5.74) is 0. The first kappa shape index (κ1) is 11.9. The van der Waals surface area contributed by atoms with Gasteiger partial charge in [0.05, 0.1) is 0 Å². The van der Waals surface area contributed by atoms with Crippen molar-refractivity contribution in [2.45, 2.75) is 31.7 Å². The van der Waals surface area contributed by atoms with E-state index >= 15 is 0 Å². The van der Waals surface area contributed by atoms with Gasteiger partial charge in [0.25, 0.3) is 0 Å². The van der Waals surface area contributed by atoms with Crippen LogP contribution in [0.2, 0.25) is 0 Å². The lowest BCUT2D eigenvalue weighted by atomic mass is 9.85. The second-order valence-corrected chi connectivity index (χ2v) is 5.33. The van der Waals surface area contributed by atoms with Gasteiger partial charge in [0.15, 0.2) is 0 Å². The minimum atomic E-state index is 0.168. The third-order valence-corrected chi connectivity index (χ3v) is 3.88. The molecule has 4 nitrogen and oxygen atoms in total. The zero-order valence-corrected chi connectivity index (χ0v) is 10.8. The van der Waals surface area contributed by atoms with Crippen LogP contribution in [0.1, 0.15) is 25.7 Å². The molecule has 2 saturated heterocycles. The summed E-state index contributed by atoms with van der Waals surface area (Å²) in [5, 5.41) is 3.75. The van der Waals surface area contributed by atoms with Crippen molar-refractivity contribution in [1.82, 2.24) is 10.2 Å². The molecule has 2 amide bonds. The Morgan fingerprint density at radius 2 is 2.31 bits per heavy atom. The van der Waals surface area contributed by atoms with Gasteiger partial charge in [-0.2, -0.15) is 0 Å². The summed E-state index contributed by atoms with van der Waals surface area (Å²) in [4.78, 5) is 24.9. The fourth-order valence-corrected chi connectivity index (χ4v) is 2.91. The van der Waals surface area contributed by atoms with Crippen LogP contribution >= 0.6 is 15.9 Å². The van der Waals surface area contributed by atoms with E-state index in [1.54, 1.807) is 0 Å². The molecule has 2 aliphatic rings. The van der Waals surface area contributed by atoms with Crippen LogP contribution in [0.5, 0.6) is 0 Å². The standard InChI is InChI=1S/C11H17BrN2O2/c12-5-3-11(16)14-6-4-9-8(7-14)1-2-10(15)13-9/h8-9H,1-7H2,(H,13,15). The Morgan fingerprint density at radius 1 is 1.50 bits per heavy atom. The van der Waals surface area contributed by atoms with Crippen LogP contribution in [0.3, 0.4) is 0 Å².